The number of pyridine rings is 1. The van der Waals surface area contributed by atoms with Crippen LogP contribution in [0.1, 0.15) is 15.9 Å². The van der Waals surface area contributed by atoms with Crippen molar-refractivity contribution in [3.8, 4) is 0 Å². The Balaban J connectivity index is 1.62. The van der Waals surface area contributed by atoms with Gasteiger partial charge in [0.05, 0.1) is 24.3 Å². The van der Waals surface area contributed by atoms with Crippen molar-refractivity contribution in [3.05, 3.63) is 71.8 Å². The van der Waals surface area contributed by atoms with Gasteiger partial charge in [0.1, 0.15) is 11.5 Å². The van der Waals surface area contributed by atoms with Crippen molar-refractivity contribution in [1.29, 1.82) is 0 Å². The van der Waals surface area contributed by atoms with Crippen molar-refractivity contribution >= 4 is 33.7 Å². The highest BCUT2D eigenvalue weighted by Gasteiger charge is 2.18. The van der Waals surface area contributed by atoms with E-state index < -0.39 is 5.91 Å². The van der Waals surface area contributed by atoms with E-state index in [1.807, 2.05) is 59.2 Å². The lowest BCUT2D eigenvalue weighted by Gasteiger charge is -2.15. The first kappa shape index (κ1) is 18.9. The molecule has 0 radical (unpaired) electrons. The van der Waals surface area contributed by atoms with Crippen LogP contribution < -0.4 is 17.2 Å². The highest BCUT2D eigenvalue weighted by atomic mass is 16.5. The fraction of sp³-hybridized carbons (Fsp3) is 0.182. The summed E-state index contributed by atoms with van der Waals surface area (Å²) in [7, 11) is 0. The number of fused-ring (bicyclic) bond motifs is 3. The number of benzene rings is 2. The number of nitrogens with zero attached hydrogens (tertiary/aromatic N) is 2. The molecule has 7 nitrogen and oxygen atoms in total. The monoisotopic (exact) mass is 389 g/mol. The molecule has 2 aromatic carbocycles. The highest BCUT2D eigenvalue weighted by Crippen LogP contribution is 2.30. The van der Waals surface area contributed by atoms with E-state index >= 15 is 0 Å². The van der Waals surface area contributed by atoms with Gasteiger partial charge in [-0.25, -0.2) is 4.98 Å². The number of carbonyl (C=O) groups excluding carboxylic acids is 1. The van der Waals surface area contributed by atoms with Crippen LogP contribution in [-0.2, 0) is 17.9 Å². The minimum atomic E-state index is -0.597. The van der Waals surface area contributed by atoms with Gasteiger partial charge < -0.3 is 26.5 Å². The molecule has 2 heterocycles. The minimum absolute atomic E-state index is 0.114. The van der Waals surface area contributed by atoms with Gasteiger partial charge in [-0.15, -0.1) is 0 Å². The Kier molecular flexibility index (Phi) is 5.16. The summed E-state index contributed by atoms with van der Waals surface area (Å²) in [6.07, 6.45) is 0. The van der Waals surface area contributed by atoms with Gasteiger partial charge in [0.15, 0.2) is 0 Å². The maximum absolute atomic E-state index is 11.7. The lowest BCUT2D eigenvalue weighted by molar-refractivity contribution is 0.100. The predicted octanol–water partition coefficient (Wildman–Crippen LogP) is 2.41. The Bertz CT molecular complexity index is 1170. The molecular weight excluding hydrogens is 366 g/mol. The molecule has 0 saturated heterocycles. The first-order valence-electron chi connectivity index (χ1n) is 9.39. The van der Waals surface area contributed by atoms with Crippen LogP contribution in [0.3, 0.4) is 0 Å². The fourth-order valence-electron chi connectivity index (χ4n) is 3.54. The standard InChI is InChI=1S/C22H23N5O2/c23-15(13-29-12-14-6-2-1-3-7-14)11-27-19-9-5-4-8-16(19)17-10-18(21(25)28)20(24)26-22(17)27/h1-10,15H,11-13,23H2,(H2,24,26)(H2,25,28)/t15-/m1/s1. The third-order valence-electron chi connectivity index (χ3n) is 4.90. The Morgan fingerprint density at radius 2 is 1.79 bits per heavy atom. The van der Waals surface area contributed by atoms with E-state index in [0.717, 1.165) is 21.9 Å². The third-order valence-corrected chi connectivity index (χ3v) is 4.90. The molecule has 29 heavy (non-hydrogen) atoms. The van der Waals surface area contributed by atoms with E-state index in [-0.39, 0.29) is 17.4 Å². The normalized spacial score (nSPS) is 12.4. The first-order chi connectivity index (χ1) is 14.0. The molecule has 0 aliphatic carbocycles. The number of rotatable bonds is 7. The Hall–Kier alpha value is -3.42. The summed E-state index contributed by atoms with van der Waals surface area (Å²) in [5.74, 6) is -0.484. The zero-order valence-corrected chi connectivity index (χ0v) is 15.9. The molecule has 1 amide bonds. The van der Waals surface area contributed by atoms with Crippen LogP contribution in [0.25, 0.3) is 21.9 Å². The van der Waals surface area contributed by atoms with Crippen molar-refractivity contribution in [2.45, 2.75) is 19.2 Å². The lowest BCUT2D eigenvalue weighted by atomic mass is 10.1. The number of para-hydroxylation sites is 1. The van der Waals surface area contributed by atoms with E-state index in [9.17, 15) is 4.79 Å². The zero-order valence-electron chi connectivity index (χ0n) is 15.9. The average molecular weight is 389 g/mol. The number of carbonyl (C=O) groups is 1. The number of hydrogen-bond donors (Lipinski definition) is 3. The van der Waals surface area contributed by atoms with Gasteiger partial charge in [-0.2, -0.15) is 0 Å². The topological polar surface area (TPSA) is 122 Å². The second kappa shape index (κ2) is 7.90. The molecule has 7 heteroatoms. The molecule has 4 rings (SSSR count). The number of primary amides is 1. The van der Waals surface area contributed by atoms with Crippen LogP contribution >= 0.6 is 0 Å². The van der Waals surface area contributed by atoms with E-state index in [1.54, 1.807) is 6.07 Å². The van der Waals surface area contributed by atoms with Crippen molar-refractivity contribution < 1.29 is 9.53 Å². The van der Waals surface area contributed by atoms with Crippen LogP contribution in [0.15, 0.2) is 60.7 Å². The lowest BCUT2D eigenvalue weighted by Crippen LogP contribution is -2.31. The molecule has 4 aromatic rings. The summed E-state index contributed by atoms with van der Waals surface area (Å²) in [6, 6.07) is 19.3. The molecule has 1 atom stereocenters. The van der Waals surface area contributed by atoms with Gasteiger partial charge in [0, 0.05) is 23.4 Å². The number of nitrogens with two attached hydrogens (primary N) is 3. The van der Waals surface area contributed by atoms with Gasteiger partial charge in [-0.3, -0.25) is 4.79 Å². The second-order valence-electron chi connectivity index (χ2n) is 7.05. The molecule has 2 aromatic heterocycles. The highest BCUT2D eigenvalue weighted by molar-refractivity contribution is 6.10. The number of amides is 1. The molecule has 0 unspecified atom stereocenters. The average Bonchev–Trinajstić information content (AvgIpc) is 3.01. The van der Waals surface area contributed by atoms with Gasteiger partial charge in [0.25, 0.3) is 5.91 Å². The van der Waals surface area contributed by atoms with Gasteiger partial charge in [-0.1, -0.05) is 48.5 Å². The van der Waals surface area contributed by atoms with Crippen LogP contribution in [0, 0.1) is 0 Å². The first-order valence-corrected chi connectivity index (χ1v) is 9.39. The van der Waals surface area contributed by atoms with Gasteiger partial charge in [0.2, 0.25) is 0 Å². The zero-order chi connectivity index (χ0) is 20.4. The number of hydrogen-bond acceptors (Lipinski definition) is 5. The molecule has 6 N–H and O–H groups in total. The van der Waals surface area contributed by atoms with Crippen molar-refractivity contribution in [2.24, 2.45) is 11.5 Å². The summed E-state index contributed by atoms with van der Waals surface area (Å²) in [4.78, 5) is 16.1. The van der Waals surface area contributed by atoms with E-state index in [1.165, 1.54) is 0 Å². The van der Waals surface area contributed by atoms with Crippen molar-refractivity contribution in [1.82, 2.24) is 9.55 Å². The smallest absolute Gasteiger partial charge is 0.252 e. The Labute approximate surface area is 168 Å². The molecular formula is C22H23N5O2. The summed E-state index contributed by atoms with van der Waals surface area (Å²) in [6.45, 7) is 1.41. The number of anilines is 1. The Morgan fingerprint density at radius 3 is 2.55 bits per heavy atom. The maximum Gasteiger partial charge on any atom is 0.252 e. The van der Waals surface area contributed by atoms with Crippen LogP contribution in [0.2, 0.25) is 0 Å². The maximum atomic E-state index is 11.7. The summed E-state index contributed by atoms with van der Waals surface area (Å²) < 4.78 is 7.80. The molecule has 148 valence electrons. The SMILES string of the molecule is NC(=O)c1cc2c3ccccc3n(C[C@@H](N)COCc3ccccc3)c2nc1N. The van der Waals surface area contributed by atoms with E-state index in [0.29, 0.717) is 25.4 Å². The minimum Gasteiger partial charge on any atom is -0.383 e. The third kappa shape index (κ3) is 3.78. The number of ether oxygens (including phenoxy) is 1. The van der Waals surface area contributed by atoms with Gasteiger partial charge in [-0.05, 0) is 17.7 Å². The summed E-state index contributed by atoms with van der Waals surface area (Å²) >= 11 is 0. The molecule has 0 aliphatic rings. The second-order valence-corrected chi connectivity index (χ2v) is 7.05. The summed E-state index contributed by atoms with van der Waals surface area (Å²) in [5.41, 5.74) is 20.7. The van der Waals surface area contributed by atoms with Crippen molar-refractivity contribution in [2.75, 3.05) is 12.3 Å². The number of nitrogen functional groups attached to an aromatic ring is 1. The largest absolute Gasteiger partial charge is 0.383 e. The van der Waals surface area contributed by atoms with Crippen LogP contribution in [0.4, 0.5) is 5.82 Å². The molecule has 0 saturated carbocycles. The molecule has 0 spiro atoms. The van der Waals surface area contributed by atoms with E-state index in [4.69, 9.17) is 21.9 Å². The fourth-order valence-corrected chi connectivity index (χ4v) is 3.54. The molecule has 0 aliphatic heterocycles. The van der Waals surface area contributed by atoms with Crippen LogP contribution in [-0.4, -0.2) is 28.1 Å². The Morgan fingerprint density at radius 1 is 1.07 bits per heavy atom. The summed E-state index contributed by atoms with van der Waals surface area (Å²) in [5, 5.41) is 1.79. The van der Waals surface area contributed by atoms with Crippen molar-refractivity contribution in [3.63, 3.8) is 0 Å². The number of aromatic nitrogens is 2. The molecule has 0 bridgehead atoms. The molecule has 0 fully saturated rings. The van der Waals surface area contributed by atoms with E-state index in [2.05, 4.69) is 4.98 Å². The van der Waals surface area contributed by atoms with Gasteiger partial charge >= 0.3 is 0 Å². The predicted molar refractivity (Wildman–Crippen MR) is 114 cm³/mol. The van der Waals surface area contributed by atoms with Crippen LogP contribution in [0.5, 0.6) is 0 Å². The quantitative estimate of drug-likeness (QED) is 0.448.